The standard InChI is InChI=1S/C15H24N4OS/c16-13-12(21-15(18-13)19-9-5-6-10-19)14(20)17-11-7-3-1-2-4-8-11/h11H,1-10,16H2,(H,17,20). The monoisotopic (exact) mass is 308 g/mol. The summed E-state index contributed by atoms with van der Waals surface area (Å²) in [5, 5.41) is 4.05. The number of carbonyl (C=O) groups is 1. The molecule has 0 aromatic carbocycles. The van der Waals surface area contributed by atoms with Crippen LogP contribution in [0.3, 0.4) is 0 Å². The van der Waals surface area contributed by atoms with Crippen molar-refractivity contribution >= 4 is 28.2 Å². The first kappa shape index (κ1) is 14.6. The third-order valence-corrected chi connectivity index (χ3v) is 5.55. The Hall–Kier alpha value is -1.30. The molecule has 0 unspecified atom stereocenters. The van der Waals surface area contributed by atoms with Gasteiger partial charge in [0.2, 0.25) is 0 Å². The van der Waals surface area contributed by atoms with Gasteiger partial charge in [0.1, 0.15) is 10.7 Å². The summed E-state index contributed by atoms with van der Waals surface area (Å²) in [7, 11) is 0. The van der Waals surface area contributed by atoms with E-state index in [0.29, 0.717) is 16.7 Å². The first-order valence-electron chi connectivity index (χ1n) is 8.06. The topological polar surface area (TPSA) is 71.2 Å². The minimum atomic E-state index is -0.0395. The lowest BCUT2D eigenvalue weighted by molar-refractivity contribution is 0.0938. The van der Waals surface area contributed by atoms with Gasteiger partial charge in [0.15, 0.2) is 5.13 Å². The number of thiazole rings is 1. The number of aromatic nitrogens is 1. The molecule has 1 aliphatic heterocycles. The van der Waals surface area contributed by atoms with E-state index in [1.165, 1.54) is 49.9 Å². The molecule has 0 spiro atoms. The highest BCUT2D eigenvalue weighted by Crippen LogP contribution is 2.30. The van der Waals surface area contributed by atoms with E-state index in [1.54, 1.807) is 0 Å². The summed E-state index contributed by atoms with van der Waals surface area (Å²) in [4.78, 5) is 19.6. The Morgan fingerprint density at radius 1 is 1.14 bits per heavy atom. The molecule has 2 fully saturated rings. The molecule has 0 bridgehead atoms. The van der Waals surface area contributed by atoms with Crippen molar-refractivity contribution in [2.75, 3.05) is 23.7 Å². The van der Waals surface area contributed by atoms with Crippen molar-refractivity contribution in [2.24, 2.45) is 0 Å². The van der Waals surface area contributed by atoms with Crippen LogP contribution in [-0.4, -0.2) is 30.0 Å². The van der Waals surface area contributed by atoms with Crippen molar-refractivity contribution in [3.63, 3.8) is 0 Å². The molecule has 21 heavy (non-hydrogen) atoms. The molecule has 1 amide bonds. The number of nitrogens with zero attached hydrogens (tertiary/aromatic N) is 2. The lowest BCUT2D eigenvalue weighted by Gasteiger charge is -2.15. The molecular formula is C15H24N4OS. The lowest BCUT2D eigenvalue weighted by atomic mass is 10.1. The average Bonchev–Trinajstić information content (AvgIpc) is 3.05. The predicted octanol–water partition coefficient (Wildman–Crippen LogP) is 2.78. The molecule has 0 atom stereocenters. The van der Waals surface area contributed by atoms with Crippen LogP contribution >= 0.6 is 11.3 Å². The van der Waals surface area contributed by atoms with Crippen LogP contribution in [0.2, 0.25) is 0 Å². The fourth-order valence-electron chi connectivity index (χ4n) is 3.20. The Morgan fingerprint density at radius 2 is 1.81 bits per heavy atom. The third-order valence-electron chi connectivity index (χ3n) is 4.42. The van der Waals surface area contributed by atoms with Crippen molar-refractivity contribution in [1.82, 2.24) is 10.3 Å². The molecule has 1 aromatic rings. The Balaban J connectivity index is 1.66. The Labute approximate surface area is 129 Å². The van der Waals surface area contributed by atoms with Crippen molar-refractivity contribution < 1.29 is 4.79 Å². The molecule has 6 heteroatoms. The number of nitrogens with one attached hydrogen (secondary N) is 1. The first-order chi connectivity index (χ1) is 10.2. The maximum atomic E-state index is 12.4. The number of anilines is 2. The first-order valence-corrected chi connectivity index (χ1v) is 8.88. The van der Waals surface area contributed by atoms with Gasteiger partial charge in [-0.3, -0.25) is 4.79 Å². The Bertz CT molecular complexity index is 488. The van der Waals surface area contributed by atoms with E-state index in [0.717, 1.165) is 31.1 Å². The largest absolute Gasteiger partial charge is 0.382 e. The minimum absolute atomic E-state index is 0.0395. The van der Waals surface area contributed by atoms with E-state index in [2.05, 4.69) is 15.2 Å². The summed E-state index contributed by atoms with van der Waals surface area (Å²) in [6.45, 7) is 2.05. The van der Waals surface area contributed by atoms with Crippen LogP contribution in [0.25, 0.3) is 0 Å². The Morgan fingerprint density at radius 3 is 2.48 bits per heavy atom. The minimum Gasteiger partial charge on any atom is -0.382 e. The summed E-state index contributed by atoms with van der Waals surface area (Å²) >= 11 is 1.44. The van der Waals surface area contributed by atoms with Gasteiger partial charge in [-0.15, -0.1) is 0 Å². The van der Waals surface area contributed by atoms with Crippen molar-refractivity contribution in [3.8, 4) is 0 Å². The molecule has 3 N–H and O–H groups in total. The van der Waals surface area contributed by atoms with Crippen LogP contribution in [0.4, 0.5) is 10.9 Å². The molecule has 2 heterocycles. The van der Waals surface area contributed by atoms with Gasteiger partial charge < -0.3 is 16.0 Å². The molecule has 0 radical (unpaired) electrons. The van der Waals surface area contributed by atoms with E-state index in [1.807, 2.05) is 0 Å². The normalized spacial score (nSPS) is 20.5. The number of rotatable bonds is 3. The summed E-state index contributed by atoms with van der Waals surface area (Å²) in [6.07, 6.45) is 9.56. The number of amides is 1. The zero-order valence-electron chi connectivity index (χ0n) is 12.4. The molecule has 1 saturated heterocycles. The summed E-state index contributed by atoms with van der Waals surface area (Å²) in [5.74, 6) is 0.343. The van der Waals surface area contributed by atoms with Crippen molar-refractivity contribution in [1.29, 1.82) is 0 Å². The quantitative estimate of drug-likeness (QED) is 0.842. The molecule has 1 aromatic heterocycles. The zero-order valence-corrected chi connectivity index (χ0v) is 13.3. The number of hydrogen-bond donors (Lipinski definition) is 2. The smallest absolute Gasteiger partial charge is 0.265 e. The van der Waals surface area contributed by atoms with Gasteiger partial charge in [0.05, 0.1) is 0 Å². The molecule has 1 saturated carbocycles. The second kappa shape index (κ2) is 6.64. The fraction of sp³-hybridized carbons (Fsp3) is 0.733. The number of hydrogen-bond acceptors (Lipinski definition) is 5. The van der Waals surface area contributed by atoms with Gasteiger partial charge >= 0.3 is 0 Å². The van der Waals surface area contributed by atoms with Crippen LogP contribution in [-0.2, 0) is 0 Å². The predicted molar refractivity (Wildman–Crippen MR) is 86.9 cm³/mol. The fourth-order valence-corrected chi connectivity index (χ4v) is 4.14. The van der Waals surface area contributed by atoms with E-state index in [4.69, 9.17) is 5.73 Å². The highest BCUT2D eigenvalue weighted by Gasteiger charge is 2.23. The van der Waals surface area contributed by atoms with Gasteiger partial charge in [-0.1, -0.05) is 37.0 Å². The van der Waals surface area contributed by atoms with Crippen LogP contribution in [0.5, 0.6) is 0 Å². The molecular weight excluding hydrogens is 284 g/mol. The SMILES string of the molecule is Nc1nc(N2CCCC2)sc1C(=O)NC1CCCCCC1. The van der Waals surface area contributed by atoms with Crippen LogP contribution in [0, 0.1) is 0 Å². The van der Waals surface area contributed by atoms with Gasteiger partial charge in [0.25, 0.3) is 5.91 Å². The average molecular weight is 308 g/mol. The maximum Gasteiger partial charge on any atom is 0.265 e. The van der Waals surface area contributed by atoms with Crippen LogP contribution < -0.4 is 16.0 Å². The van der Waals surface area contributed by atoms with E-state index < -0.39 is 0 Å². The Kier molecular flexibility index (Phi) is 4.63. The summed E-state index contributed by atoms with van der Waals surface area (Å²) in [6, 6.07) is 0.303. The summed E-state index contributed by atoms with van der Waals surface area (Å²) in [5.41, 5.74) is 5.96. The van der Waals surface area contributed by atoms with Gasteiger partial charge in [-0.2, -0.15) is 0 Å². The molecule has 116 valence electrons. The van der Waals surface area contributed by atoms with Gasteiger partial charge in [0, 0.05) is 19.1 Å². The van der Waals surface area contributed by atoms with Gasteiger partial charge in [-0.05, 0) is 25.7 Å². The molecule has 2 aliphatic rings. The number of nitrogen functional groups attached to an aromatic ring is 1. The highest BCUT2D eigenvalue weighted by atomic mass is 32.1. The second-order valence-electron chi connectivity index (χ2n) is 6.07. The van der Waals surface area contributed by atoms with E-state index >= 15 is 0 Å². The van der Waals surface area contributed by atoms with Crippen LogP contribution in [0.1, 0.15) is 61.0 Å². The number of nitrogens with two attached hydrogens (primary N) is 1. The van der Waals surface area contributed by atoms with E-state index in [-0.39, 0.29) is 5.91 Å². The van der Waals surface area contributed by atoms with Crippen LogP contribution in [0.15, 0.2) is 0 Å². The maximum absolute atomic E-state index is 12.4. The second-order valence-corrected chi connectivity index (χ2v) is 7.04. The highest BCUT2D eigenvalue weighted by molar-refractivity contribution is 7.18. The van der Waals surface area contributed by atoms with Crippen molar-refractivity contribution in [2.45, 2.75) is 57.4 Å². The molecule has 5 nitrogen and oxygen atoms in total. The van der Waals surface area contributed by atoms with Gasteiger partial charge in [-0.25, -0.2) is 4.98 Å². The molecule has 1 aliphatic carbocycles. The third kappa shape index (κ3) is 3.48. The molecule has 3 rings (SSSR count). The van der Waals surface area contributed by atoms with E-state index in [9.17, 15) is 4.79 Å². The summed E-state index contributed by atoms with van der Waals surface area (Å²) < 4.78 is 0. The zero-order chi connectivity index (χ0) is 14.7. The van der Waals surface area contributed by atoms with Crippen molar-refractivity contribution in [3.05, 3.63) is 4.88 Å². The number of carbonyl (C=O) groups excluding carboxylic acids is 1. The lowest BCUT2D eigenvalue weighted by Crippen LogP contribution is -2.34.